The molecule has 0 unspecified atom stereocenters. The van der Waals surface area contributed by atoms with E-state index in [2.05, 4.69) is 5.32 Å². The Morgan fingerprint density at radius 1 is 1.25 bits per heavy atom. The van der Waals surface area contributed by atoms with Crippen LogP contribution in [0.25, 0.3) is 0 Å². The topological polar surface area (TPSA) is 49.4 Å². The maximum Gasteiger partial charge on any atom is 0.252 e. The third-order valence-electron chi connectivity index (χ3n) is 3.47. The summed E-state index contributed by atoms with van der Waals surface area (Å²) in [6, 6.07) is 4.84. The maximum atomic E-state index is 13.1. The van der Waals surface area contributed by atoms with Gasteiger partial charge in [0.2, 0.25) is 5.91 Å². The van der Waals surface area contributed by atoms with E-state index in [4.69, 9.17) is 0 Å². The van der Waals surface area contributed by atoms with E-state index in [1.807, 2.05) is 0 Å². The summed E-state index contributed by atoms with van der Waals surface area (Å²) in [5.41, 5.74) is 0.225. The highest BCUT2D eigenvalue weighted by Crippen LogP contribution is 2.10. The fraction of sp³-hybridized carbons (Fsp3) is 0.467. The first kappa shape index (κ1) is 14.5. The summed E-state index contributed by atoms with van der Waals surface area (Å²) in [5, 5.41) is 2.62. The minimum Gasteiger partial charge on any atom is -0.341 e. The fourth-order valence-corrected chi connectivity index (χ4v) is 2.36. The summed E-state index contributed by atoms with van der Waals surface area (Å²) in [5.74, 6) is -0.968. The number of nitrogens with one attached hydrogen (secondary N) is 1. The molecule has 0 aromatic heterocycles. The van der Waals surface area contributed by atoms with Crippen LogP contribution in [0.15, 0.2) is 24.3 Å². The van der Waals surface area contributed by atoms with Crippen LogP contribution in [-0.4, -0.2) is 35.8 Å². The first-order valence-corrected chi connectivity index (χ1v) is 6.93. The number of amides is 2. The quantitative estimate of drug-likeness (QED) is 0.919. The number of benzene rings is 1. The molecule has 2 rings (SSSR count). The molecule has 1 aliphatic heterocycles. The Morgan fingerprint density at radius 2 is 1.95 bits per heavy atom. The van der Waals surface area contributed by atoms with Crippen LogP contribution in [0.5, 0.6) is 0 Å². The van der Waals surface area contributed by atoms with Gasteiger partial charge in [-0.2, -0.15) is 0 Å². The van der Waals surface area contributed by atoms with E-state index < -0.39 is 17.8 Å². The molecule has 1 atom stereocenters. The SMILES string of the molecule is C[C@H](NC(=O)c1cccc(F)c1)C(=O)N1CCCCC1. The van der Waals surface area contributed by atoms with Crippen LogP contribution in [0.3, 0.4) is 0 Å². The van der Waals surface area contributed by atoms with Crippen LogP contribution < -0.4 is 5.32 Å². The van der Waals surface area contributed by atoms with Crippen molar-refractivity contribution in [2.24, 2.45) is 0 Å². The van der Waals surface area contributed by atoms with Crippen LogP contribution in [0.1, 0.15) is 36.5 Å². The third kappa shape index (κ3) is 3.56. The third-order valence-corrected chi connectivity index (χ3v) is 3.47. The number of hydrogen-bond acceptors (Lipinski definition) is 2. The molecule has 1 aromatic rings. The van der Waals surface area contributed by atoms with Crippen molar-refractivity contribution in [3.8, 4) is 0 Å². The van der Waals surface area contributed by atoms with E-state index in [9.17, 15) is 14.0 Å². The van der Waals surface area contributed by atoms with Crippen LogP contribution >= 0.6 is 0 Å². The standard InChI is InChI=1S/C15H19FN2O2/c1-11(15(20)18-8-3-2-4-9-18)17-14(19)12-6-5-7-13(16)10-12/h5-7,10-11H,2-4,8-9H2,1H3,(H,17,19)/t11-/m0/s1. The van der Waals surface area contributed by atoms with Gasteiger partial charge in [0.1, 0.15) is 11.9 Å². The van der Waals surface area contributed by atoms with Crippen molar-refractivity contribution in [1.29, 1.82) is 0 Å². The molecule has 0 saturated carbocycles. The first-order valence-electron chi connectivity index (χ1n) is 6.93. The largest absolute Gasteiger partial charge is 0.341 e. The molecule has 0 radical (unpaired) electrons. The lowest BCUT2D eigenvalue weighted by atomic mass is 10.1. The van der Waals surface area contributed by atoms with Gasteiger partial charge >= 0.3 is 0 Å². The fourth-order valence-electron chi connectivity index (χ4n) is 2.36. The molecule has 1 aliphatic rings. The summed E-state index contributed by atoms with van der Waals surface area (Å²) < 4.78 is 13.1. The van der Waals surface area contributed by atoms with E-state index in [1.54, 1.807) is 11.8 Å². The van der Waals surface area contributed by atoms with E-state index in [0.29, 0.717) is 0 Å². The van der Waals surface area contributed by atoms with Gasteiger partial charge in [0.15, 0.2) is 0 Å². The van der Waals surface area contributed by atoms with Crippen LogP contribution in [0.4, 0.5) is 4.39 Å². The predicted molar refractivity (Wildman–Crippen MR) is 73.8 cm³/mol. The van der Waals surface area contributed by atoms with Gasteiger partial charge in [0.05, 0.1) is 0 Å². The molecule has 108 valence electrons. The van der Waals surface area contributed by atoms with Crippen molar-refractivity contribution >= 4 is 11.8 Å². The molecule has 1 fully saturated rings. The average molecular weight is 278 g/mol. The lowest BCUT2D eigenvalue weighted by Crippen LogP contribution is -2.48. The Hall–Kier alpha value is -1.91. The Kier molecular flexibility index (Phi) is 4.71. The second kappa shape index (κ2) is 6.50. The summed E-state index contributed by atoms with van der Waals surface area (Å²) in [7, 11) is 0. The molecular weight excluding hydrogens is 259 g/mol. The molecule has 0 spiro atoms. The van der Waals surface area contributed by atoms with Crippen molar-refractivity contribution < 1.29 is 14.0 Å². The number of likely N-dealkylation sites (tertiary alicyclic amines) is 1. The lowest BCUT2D eigenvalue weighted by molar-refractivity contribution is -0.133. The number of halogens is 1. The molecule has 5 heteroatoms. The van der Waals surface area contributed by atoms with E-state index >= 15 is 0 Å². The molecule has 0 aliphatic carbocycles. The Labute approximate surface area is 118 Å². The highest BCUT2D eigenvalue weighted by atomic mass is 19.1. The average Bonchev–Trinajstić information content (AvgIpc) is 2.47. The van der Waals surface area contributed by atoms with Gasteiger partial charge in [-0.05, 0) is 44.4 Å². The van der Waals surface area contributed by atoms with Gasteiger partial charge in [-0.15, -0.1) is 0 Å². The highest BCUT2D eigenvalue weighted by Gasteiger charge is 2.23. The molecule has 0 bridgehead atoms. The minimum absolute atomic E-state index is 0.0746. The zero-order chi connectivity index (χ0) is 14.5. The van der Waals surface area contributed by atoms with Crippen LogP contribution in [0, 0.1) is 5.82 Å². The highest BCUT2D eigenvalue weighted by molar-refractivity contribution is 5.97. The summed E-state index contributed by atoms with van der Waals surface area (Å²) in [4.78, 5) is 25.9. The summed E-state index contributed by atoms with van der Waals surface area (Å²) in [6.07, 6.45) is 3.17. The van der Waals surface area contributed by atoms with Gasteiger partial charge in [0.25, 0.3) is 5.91 Å². The van der Waals surface area contributed by atoms with E-state index in [1.165, 1.54) is 18.2 Å². The molecule has 1 N–H and O–H groups in total. The van der Waals surface area contributed by atoms with Crippen molar-refractivity contribution in [3.63, 3.8) is 0 Å². The Morgan fingerprint density at radius 3 is 2.60 bits per heavy atom. The molecule has 4 nitrogen and oxygen atoms in total. The van der Waals surface area contributed by atoms with Crippen molar-refractivity contribution in [2.75, 3.05) is 13.1 Å². The zero-order valence-electron chi connectivity index (χ0n) is 11.6. The minimum atomic E-state index is -0.594. The monoisotopic (exact) mass is 278 g/mol. The van der Waals surface area contributed by atoms with E-state index in [0.717, 1.165) is 38.4 Å². The number of nitrogens with zero attached hydrogens (tertiary/aromatic N) is 1. The lowest BCUT2D eigenvalue weighted by Gasteiger charge is -2.29. The predicted octanol–water partition coefficient (Wildman–Crippen LogP) is 1.96. The number of piperidine rings is 1. The second-order valence-corrected chi connectivity index (χ2v) is 5.09. The molecule has 1 saturated heterocycles. The normalized spacial score (nSPS) is 16.6. The number of rotatable bonds is 3. The van der Waals surface area contributed by atoms with Gasteiger partial charge in [0, 0.05) is 18.7 Å². The summed E-state index contributed by atoms with van der Waals surface area (Å²) in [6.45, 7) is 3.16. The van der Waals surface area contributed by atoms with Gasteiger partial charge in [-0.25, -0.2) is 4.39 Å². The van der Waals surface area contributed by atoms with Crippen molar-refractivity contribution in [1.82, 2.24) is 10.2 Å². The zero-order valence-corrected chi connectivity index (χ0v) is 11.6. The molecule has 2 amide bonds. The second-order valence-electron chi connectivity index (χ2n) is 5.09. The maximum absolute atomic E-state index is 13.1. The molecule has 20 heavy (non-hydrogen) atoms. The van der Waals surface area contributed by atoms with E-state index in [-0.39, 0.29) is 11.5 Å². The summed E-state index contributed by atoms with van der Waals surface area (Å²) >= 11 is 0. The van der Waals surface area contributed by atoms with Gasteiger partial charge in [-0.1, -0.05) is 6.07 Å². The Bertz CT molecular complexity index is 498. The van der Waals surface area contributed by atoms with Crippen molar-refractivity contribution in [3.05, 3.63) is 35.6 Å². The van der Waals surface area contributed by atoms with Crippen molar-refractivity contribution in [2.45, 2.75) is 32.2 Å². The Balaban J connectivity index is 1.94. The van der Waals surface area contributed by atoms with Crippen LogP contribution in [-0.2, 0) is 4.79 Å². The number of carbonyl (C=O) groups is 2. The number of hydrogen-bond donors (Lipinski definition) is 1. The smallest absolute Gasteiger partial charge is 0.252 e. The molecule has 1 aromatic carbocycles. The van der Waals surface area contributed by atoms with Gasteiger partial charge in [-0.3, -0.25) is 9.59 Å². The van der Waals surface area contributed by atoms with Crippen LogP contribution in [0.2, 0.25) is 0 Å². The molecular formula is C15H19FN2O2. The van der Waals surface area contributed by atoms with Gasteiger partial charge < -0.3 is 10.2 Å². The number of carbonyl (C=O) groups excluding carboxylic acids is 2. The first-order chi connectivity index (χ1) is 9.58. The molecule has 1 heterocycles.